The van der Waals surface area contributed by atoms with Crippen molar-refractivity contribution in [1.82, 2.24) is 10.6 Å². The van der Waals surface area contributed by atoms with E-state index in [1.165, 1.54) is 11.1 Å². The van der Waals surface area contributed by atoms with Gasteiger partial charge < -0.3 is 20.5 Å². The predicted octanol–water partition coefficient (Wildman–Crippen LogP) is 4.31. The van der Waals surface area contributed by atoms with Crippen molar-refractivity contribution >= 4 is 18.0 Å². The van der Waals surface area contributed by atoms with Gasteiger partial charge in [0.2, 0.25) is 5.91 Å². The number of hydrogen-bond acceptors (Lipinski definition) is 4. The SMILES string of the molecule is CC(C)C[C@@H](NC(=O)C1CCC(NC(=O)OCC2c3ccccc3-c3ccccc32)C1)C(=O)O. The molecule has 0 heterocycles. The van der Waals surface area contributed by atoms with Crippen molar-refractivity contribution in [1.29, 1.82) is 0 Å². The molecule has 180 valence electrons. The first-order chi connectivity index (χ1) is 16.3. The van der Waals surface area contributed by atoms with Crippen LogP contribution in [0.15, 0.2) is 48.5 Å². The zero-order valence-electron chi connectivity index (χ0n) is 19.6. The summed E-state index contributed by atoms with van der Waals surface area (Å²) in [4.78, 5) is 36.6. The van der Waals surface area contributed by atoms with Gasteiger partial charge in [-0.05, 0) is 53.9 Å². The molecule has 0 spiro atoms. The highest BCUT2D eigenvalue weighted by molar-refractivity contribution is 5.85. The fourth-order valence-corrected chi connectivity index (χ4v) is 5.14. The molecule has 7 nitrogen and oxygen atoms in total. The van der Waals surface area contributed by atoms with Gasteiger partial charge in [-0.15, -0.1) is 0 Å². The van der Waals surface area contributed by atoms with Gasteiger partial charge in [-0.1, -0.05) is 62.4 Å². The van der Waals surface area contributed by atoms with Gasteiger partial charge >= 0.3 is 12.1 Å². The third kappa shape index (κ3) is 5.24. The lowest BCUT2D eigenvalue weighted by molar-refractivity contribution is -0.142. The Balaban J connectivity index is 1.29. The molecule has 1 saturated carbocycles. The van der Waals surface area contributed by atoms with Crippen LogP contribution in [0.5, 0.6) is 0 Å². The third-order valence-corrected chi connectivity index (χ3v) is 6.79. The number of carboxylic acids is 1. The summed E-state index contributed by atoms with van der Waals surface area (Å²) < 4.78 is 5.61. The number of nitrogens with one attached hydrogen (secondary N) is 2. The van der Waals surface area contributed by atoms with Crippen molar-refractivity contribution in [2.24, 2.45) is 11.8 Å². The van der Waals surface area contributed by atoms with Gasteiger partial charge in [0, 0.05) is 17.9 Å². The van der Waals surface area contributed by atoms with Gasteiger partial charge in [-0.2, -0.15) is 0 Å². The Labute approximate surface area is 199 Å². The summed E-state index contributed by atoms with van der Waals surface area (Å²) in [6.07, 6.45) is 1.63. The van der Waals surface area contributed by atoms with Crippen LogP contribution >= 0.6 is 0 Å². The lowest BCUT2D eigenvalue weighted by atomic mass is 9.98. The molecule has 3 N–H and O–H groups in total. The molecule has 0 bridgehead atoms. The zero-order chi connectivity index (χ0) is 24.2. The molecule has 2 unspecified atom stereocenters. The van der Waals surface area contributed by atoms with Crippen LogP contribution in [-0.4, -0.2) is 41.8 Å². The topological polar surface area (TPSA) is 105 Å². The van der Waals surface area contributed by atoms with Gasteiger partial charge in [0.25, 0.3) is 0 Å². The normalized spacial score (nSPS) is 19.9. The van der Waals surface area contributed by atoms with E-state index in [0.29, 0.717) is 25.7 Å². The minimum Gasteiger partial charge on any atom is -0.480 e. The van der Waals surface area contributed by atoms with Crippen LogP contribution in [0.4, 0.5) is 4.79 Å². The Morgan fingerprint density at radius 3 is 2.21 bits per heavy atom. The van der Waals surface area contributed by atoms with Crippen LogP contribution in [0.25, 0.3) is 11.1 Å². The summed E-state index contributed by atoms with van der Waals surface area (Å²) >= 11 is 0. The number of fused-ring (bicyclic) bond motifs is 3. The van der Waals surface area contributed by atoms with E-state index >= 15 is 0 Å². The van der Waals surface area contributed by atoms with Gasteiger partial charge in [0.1, 0.15) is 12.6 Å². The third-order valence-electron chi connectivity index (χ3n) is 6.79. The lowest BCUT2D eigenvalue weighted by Gasteiger charge is -2.19. The zero-order valence-corrected chi connectivity index (χ0v) is 19.6. The van der Waals surface area contributed by atoms with Crippen molar-refractivity contribution in [3.63, 3.8) is 0 Å². The predicted molar refractivity (Wildman–Crippen MR) is 128 cm³/mol. The summed E-state index contributed by atoms with van der Waals surface area (Å²) in [5.41, 5.74) is 4.66. The molecule has 1 fully saturated rings. The molecule has 2 aliphatic rings. The Bertz CT molecular complexity index is 1020. The fourth-order valence-electron chi connectivity index (χ4n) is 5.14. The standard InChI is InChI=1S/C27H32N2O5/c1-16(2)13-24(26(31)32)29-25(30)17-11-12-18(14-17)28-27(33)34-15-23-21-9-5-3-7-19(21)20-8-4-6-10-22(20)23/h3-10,16-18,23-24H,11-15H2,1-2H3,(H,28,33)(H,29,30)(H,31,32)/t17?,18?,24-/m1/s1. The molecule has 0 saturated heterocycles. The minimum absolute atomic E-state index is 0.00540. The average molecular weight is 465 g/mol. The highest BCUT2D eigenvalue weighted by Gasteiger charge is 2.34. The van der Waals surface area contributed by atoms with Crippen molar-refractivity contribution in [2.75, 3.05) is 6.61 Å². The van der Waals surface area contributed by atoms with E-state index in [1.807, 2.05) is 38.1 Å². The summed E-state index contributed by atoms with van der Waals surface area (Å²) in [7, 11) is 0. The molecule has 2 amide bonds. The second-order valence-corrected chi connectivity index (χ2v) is 9.71. The van der Waals surface area contributed by atoms with Gasteiger partial charge in [-0.25, -0.2) is 9.59 Å². The molecule has 4 rings (SSSR count). The van der Waals surface area contributed by atoms with E-state index in [0.717, 1.165) is 11.1 Å². The van der Waals surface area contributed by atoms with Crippen LogP contribution in [0, 0.1) is 11.8 Å². The molecule has 0 aliphatic heterocycles. The molecule has 0 radical (unpaired) electrons. The van der Waals surface area contributed by atoms with Gasteiger partial charge in [0.05, 0.1) is 0 Å². The van der Waals surface area contributed by atoms with Crippen LogP contribution in [-0.2, 0) is 14.3 Å². The van der Waals surface area contributed by atoms with Crippen molar-refractivity contribution < 1.29 is 24.2 Å². The first kappa shape index (κ1) is 23.8. The van der Waals surface area contributed by atoms with Gasteiger partial charge in [0.15, 0.2) is 0 Å². The van der Waals surface area contributed by atoms with E-state index in [9.17, 15) is 19.5 Å². The summed E-state index contributed by atoms with van der Waals surface area (Å²) in [5, 5.41) is 14.9. The molecule has 2 aromatic carbocycles. The van der Waals surface area contributed by atoms with Crippen molar-refractivity contribution in [2.45, 2.75) is 57.5 Å². The molecule has 7 heteroatoms. The highest BCUT2D eigenvalue weighted by Crippen LogP contribution is 2.44. The van der Waals surface area contributed by atoms with E-state index in [1.54, 1.807) is 0 Å². The summed E-state index contributed by atoms with van der Waals surface area (Å²) in [5.74, 6) is -1.44. The maximum Gasteiger partial charge on any atom is 0.407 e. The maximum absolute atomic E-state index is 12.6. The number of rotatable bonds is 8. The quantitative estimate of drug-likeness (QED) is 0.540. The fraction of sp³-hybridized carbons (Fsp3) is 0.444. The van der Waals surface area contributed by atoms with Crippen LogP contribution in [0.2, 0.25) is 0 Å². The Kier molecular flexibility index (Phi) is 7.20. The van der Waals surface area contributed by atoms with E-state index in [2.05, 4.69) is 34.9 Å². The smallest absolute Gasteiger partial charge is 0.407 e. The molecule has 3 atom stereocenters. The van der Waals surface area contributed by atoms with Crippen LogP contribution < -0.4 is 10.6 Å². The van der Waals surface area contributed by atoms with Crippen molar-refractivity contribution in [3.8, 4) is 11.1 Å². The first-order valence-corrected chi connectivity index (χ1v) is 12.0. The maximum atomic E-state index is 12.6. The lowest BCUT2D eigenvalue weighted by Crippen LogP contribution is -2.44. The average Bonchev–Trinajstić information content (AvgIpc) is 3.39. The summed E-state index contributed by atoms with van der Waals surface area (Å²) in [6, 6.07) is 15.3. The number of aliphatic carboxylic acids is 1. The number of amides is 2. The number of ether oxygens (including phenoxy) is 1. The Hall–Kier alpha value is -3.35. The molecule has 2 aromatic rings. The molecular formula is C27H32N2O5. The number of alkyl carbamates (subject to hydrolysis) is 1. The molecule has 0 aromatic heterocycles. The second kappa shape index (κ2) is 10.3. The monoisotopic (exact) mass is 464 g/mol. The van der Waals surface area contributed by atoms with Crippen LogP contribution in [0.3, 0.4) is 0 Å². The first-order valence-electron chi connectivity index (χ1n) is 12.0. The molecule has 2 aliphatic carbocycles. The van der Waals surface area contributed by atoms with Crippen molar-refractivity contribution in [3.05, 3.63) is 59.7 Å². The summed E-state index contributed by atoms with van der Waals surface area (Å²) in [6.45, 7) is 4.09. The largest absolute Gasteiger partial charge is 0.480 e. The number of benzene rings is 2. The van der Waals surface area contributed by atoms with Crippen LogP contribution in [0.1, 0.15) is 56.6 Å². The Morgan fingerprint density at radius 1 is 1.00 bits per heavy atom. The molecule has 34 heavy (non-hydrogen) atoms. The minimum atomic E-state index is -1.02. The van der Waals surface area contributed by atoms with E-state index < -0.39 is 18.1 Å². The Morgan fingerprint density at radius 2 is 1.62 bits per heavy atom. The molecular weight excluding hydrogens is 432 g/mol. The number of carboxylic acid groups (broad SMARTS) is 1. The number of hydrogen-bond donors (Lipinski definition) is 3. The second-order valence-electron chi connectivity index (χ2n) is 9.71. The van der Waals surface area contributed by atoms with E-state index in [4.69, 9.17) is 4.74 Å². The highest BCUT2D eigenvalue weighted by atomic mass is 16.5. The number of carbonyl (C=O) groups excluding carboxylic acids is 2. The van der Waals surface area contributed by atoms with Gasteiger partial charge in [-0.3, -0.25) is 4.79 Å². The van der Waals surface area contributed by atoms with E-state index in [-0.39, 0.29) is 36.3 Å². The number of carbonyl (C=O) groups is 3.